The molecular weight excluding hydrogens is 1050 g/mol. The van der Waals surface area contributed by atoms with Gasteiger partial charge < -0.3 is 70.8 Å². The van der Waals surface area contributed by atoms with Crippen molar-refractivity contribution >= 4 is 92.5 Å². The van der Waals surface area contributed by atoms with Gasteiger partial charge in [0, 0.05) is 61.7 Å². The third kappa shape index (κ3) is 19.8. The number of primary amides is 3. The Morgan fingerprint density at radius 1 is 0.744 bits per heavy atom. The summed E-state index contributed by atoms with van der Waals surface area (Å²) in [6.45, 7) is -0.376. The molecule has 7 atom stereocenters. The van der Waals surface area contributed by atoms with Crippen molar-refractivity contribution < 1.29 is 52.7 Å². The van der Waals surface area contributed by atoms with Gasteiger partial charge in [-0.15, -0.1) is 0 Å². The van der Waals surface area contributed by atoms with Crippen LogP contribution < -0.4 is 65.9 Å². The molecule has 11 amide bonds. The summed E-state index contributed by atoms with van der Waals surface area (Å²) in [5.41, 5.74) is 28.5. The Morgan fingerprint density at radius 2 is 1.38 bits per heavy atom. The molecule has 1 aromatic heterocycles. The fourth-order valence-corrected chi connectivity index (χ4v) is 12.7. The van der Waals surface area contributed by atoms with Crippen LogP contribution >= 0.6 is 21.6 Å². The molecule has 1 spiro atoms. The average molecular weight is 1120 g/mol. The standard InChI is InChI=1S/C50H71N15O11S2/c51-38(66)16-15-32-43(71)63-35(24-39(52)67)46(74)64-36(48(76)65-21-9-14-37(65)47(75)61-31(13-8-20-57-49(54)55)42(70)58-27-40(53)68)28-77-78-50(17-5-2-6-18-50)25-41(69)59-33(23-30-12-7-19-56-26-30)44(72)62-34(45(73)60-32)22-29-10-3-1-4-11-29/h1,3-4,7,10-12,19,26,31-37H,2,5-6,8-9,13-18,20-25,27-28H2,(H2,51,66)(H2,52,67)(H2,53,68)(H,58,70)(H,59,69)(H,60,73)(H,61,75)(H,62,72)(H,63,71)(H,64,74)(H4,54,55,57)/t31-,32?,33?,34+,35?,36+,37+/m1/s1. The lowest BCUT2D eigenvalue weighted by molar-refractivity contribution is -0.142. The maximum atomic E-state index is 14.9. The number of hydrogen-bond donors (Lipinski definition) is 12. The number of likely N-dealkylation sites (tertiary alicyclic amines) is 1. The van der Waals surface area contributed by atoms with Crippen LogP contribution in [-0.2, 0) is 65.6 Å². The molecule has 3 fully saturated rings. The predicted octanol–water partition coefficient (Wildman–Crippen LogP) is -2.95. The molecule has 3 heterocycles. The maximum Gasteiger partial charge on any atom is 0.246 e. The Hall–Kier alpha value is -7.49. The van der Waals surface area contributed by atoms with Gasteiger partial charge in [-0.3, -0.25) is 62.7 Å². The number of nitrogens with two attached hydrogens (primary N) is 5. The largest absolute Gasteiger partial charge is 0.370 e. The highest BCUT2D eigenvalue weighted by Gasteiger charge is 2.42. The normalized spacial score (nSPS) is 22.9. The molecule has 26 nitrogen and oxygen atoms in total. The number of aromatic nitrogens is 1. The Bertz CT molecular complexity index is 2500. The number of carbonyl (C=O) groups is 11. The highest BCUT2D eigenvalue weighted by molar-refractivity contribution is 8.77. The molecule has 5 rings (SSSR count). The van der Waals surface area contributed by atoms with Gasteiger partial charge in [-0.1, -0.05) is 77.2 Å². The number of amides is 11. The molecule has 1 saturated carbocycles. The maximum absolute atomic E-state index is 14.9. The second-order valence-corrected chi connectivity index (χ2v) is 22.3. The Balaban J connectivity index is 1.52. The van der Waals surface area contributed by atoms with Gasteiger partial charge in [0.2, 0.25) is 65.0 Å². The van der Waals surface area contributed by atoms with Crippen LogP contribution in [0.1, 0.15) is 94.6 Å². The van der Waals surface area contributed by atoms with E-state index in [1.54, 1.807) is 54.9 Å². The average Bonchev–Trinajstić information content (AvgIpc) is 3.91. The van der Waals surface area contributed by atoms with E-state index in [9.17, 15) is 52.7 Å². The van der Waals surface area contributed by atoms with Gasteiger partial charge in [0.25, 0.3) is 0 Å². The number of pyridine rings is 1. The summed E-state index contributed by atoms with van der Waals surface area (Å²) in [4.78, 5) is 160. The molecule has 17 N–H and O–H groups in total. The van der Waals surface area contributed by atoms with Gasteiger partial charge >= 0.3 is 0 Å². The number of carbonyl (C=O) groups excluding carboxylic acids is 11. The van der Waals surface area contributed by atoms with Crippen molar-refractivity contribution in [2.24, 2.45) is 33.7 Å². The van der Waals surface area contributed by atoms with E-state index in [1.807, 2.05) is 0 Å². The molecule has 3 unspecified atom stereocenters. The molecule has 2 saturated heterocycles. The van der Waals surface area contributed by atoms with Crippen LogP contribution in [0.15, 0.2) is 59.9 Å². The first kappa shape index (κ1) is 61.4. The van der Waals surface area contributed by atoms with Crippen LogP contribution in [0.2, 0.25) is 0 Å². The van der Waals surface area contributed by atoms with Crippen molar-refractivity contribution in [3.63, 3.8) is 0 Å². The minimum absolute atomic E-state index is 0.0206. The zero-order chi connectivity index (χ0) is 56.8. The number of hydrogen-bond acceptors (Lipinski definition) is 15. The van der Waals surface area contributed by atoms with E-state index < -0.39 is 138 Å². The first-order valence-corrected chi connectivity index (χ1v) is 28.1. The van der Waals surface area contributed by atoms with Gasteiger partial charge in [0.15, 0.2) is 5.96 Å². The molecule has 424 valence electrons. The zero-order valence-corrected chi connectivity index (χ0v) is 44.8. The monoisotopic (exact) mass is 1120 g/mol. The number of aliphatic imine (C=N–C) groups is 1. The minimum atomic E-state index is -1.76. The Kier molecular flexibility index (Phi) is 24.0. The third-order valence-electron chi connectivity index (χ3n) is 13.3. The summed E-state index contributed by atoms with van der Waals surface area (Å²) in [5.74, 6) is -9.46. The Labute approximate surface area is 459 Å². The summed E-state index contributed by atoms with van der Waals surface area (Å²) >= 11 is 0. The molecule has 2 aromatic rings. The van der Waals surface area contributed by atoms with Crippen molar-refractivity contribution in [1.29, 1.82) is 0 Å². The lowest BCUT2D eigenvalue weighted by Crippen LogP contribution is -2.61. The predicted molar refractivity (Wildman–Crippen MR) is 289 cm³/mol. The summed E-state index contributed by atoms with van der Waals surface area (Å²) in [7, 11) is 2.51. The zero-order valence-electron chi connectivity index (χ0n) is 43.2. The van der Waals surface area contributed by atoms with Crippen LogP contribution in [-0.4, -0.2) is 153 Å². The van der Waals surface area contributed by atoms with Crippen molar-refractivity contribution in [2.75, 3.05) is 25.4 Å². The quantitative estimate of drug-likeness (QED) is 0.0290. The van der Waals surface area contributed by atoms with Crippen molar-refractivity contribution in [3.05, 3.63) is 66.0 Å². The smallest absolute Gasteiger partial charge is 0.246 e. The molecular formula is C50H71N15O11S2. The molecule has 3 aliphatic rings. The fraction of sp³-hybridized carbons (Fsp3) is 0.540. The minimum Gasteiger partial charge on any atom is -0.370 e. The number of guanidine groups is 1. The number of benzene rings is 1. The summed E-state index contributed by atoms with van der Waals surface area (Å²) in [6.07, 6.45) is 5.55. The highest BCUT2D eigenvalue weighted by atomic mass is 33.1. The lowest BCUT2D eigenvalue weighted by atomic mass is 9.85. The van der Waals surface area contributed by atoms with Gasteiger partial charge in [-0.05, 0) is 62.1 Å². The Morgan fingerprint density at radius 3 is 2.04 bits per heavy atom. The highest BCUT2D eigenvalue weighted by Crippen LogP contribution is 2.48. The molecule has 78 heavy (non-hydrogen) atoms. The van der Waals surface area contributed by atoms with E-state index in [1.165, 1.54) is 26.5 Å². The van der Waals surface area contributed by atoms with Gasteiger partial charge in [0.05, 0.1) is 13.0 Å². The van der Waals surface area contributed by atoms with Crippen LogP contribution in [0, 0.1) is 0 Å². The second-order valence-electron chi connectivity index (χ2n) is 19.5. The van der Waals surface area contributed by atoms with E-state index in [2.05, 4.69) is 47.2 Å². The topological polar surface area (TPSA) is 431 Å². The first-order chi connectivity index (χ1) is 37.2. The summed E-state index contributed by atoms with van der Waals surface area (Å²) < 4.78 is -0.736. The van der Waals surface area contributed by atoms with Gasteiger partial charge in [-0.2, -0.15) is 0 Å². The van der Waals surface area contributed by atoms with Crippen molar-refractivity contribution in [1.82, 2.24) is 47.1 Å². The van der Waals surface area contributed by atoms with Crippen LogP contribution in [0.3, 0.4) is 0 Å². The molecule has 28 heteroatoms. The summed E-state index contributed by atoms with van der Waals surface area (Å²) in [5, 5.41) is 18.4. The van der Waals surface area contributed by atoms with Crippen LogP contribution in [0.25, 0.3) is 0 Å². The molecule has 1 aromatic carbocycles. The van der Waals surface area contributed by atoms with Crippen LogP contribution in [0.5, 0.6) is 0 Å². The SMILES string of the molecule is NC(=O)CCC1NC(=O)[C@H](Cc2ccccc2)NC(=O)C(Cc2cccnc2)NC(=O)CC2(CCCCC2)SSC[C@@H](C(=O)N2CCC[C@H]2C(=O)N[C@H](CCCN=C(N)N)C(=O)NCC(N)=O)NC(=O)C(CC(N)=O)NC1=O. The van der Waals surface area contributed by atoms with E-state index in [4.69, 9.17) is 28.7 Å². The molecule has 0 bridgehead atoms. The first-order valence-electron chi connectivity index (χ1n) is 25.8. The lowest BCUT2D eigenvalue weighted by Gasteiger charge is -2.37. The number of nitrogens with one attached hydrogen (secondary N) is 7. The van der Waals surface area contributed by atoms with E-state index >= 15 is 0 Å². The second kappa shape index (κ2) is 30.5. The van der Waals surface area contributed by atoms with Gasteiger partial charge in [0.1, 0.15) is 42.3 Å². The number of rotatable bonds is 19. The van der Waals surface area contributed by atoms with E-state index in [0.29, 0.717) is 30.4 Å². The summed E-state index contributed by atoms with van der Waals surface area (Å²) in [6, 6.07) is 2.25. The molecule has 0 radical (unpaired) electrons. The van der Waals surface area contributed by atoms with Crippen molar-refractivity contribution in [2.45, 2.75) is 143 Å². The van der Waals surface area contributed by atoms with Crippen LogP contribution in [0.4, 0.5) is 0 Å². The van der Waals surface area contributed by atoms with E-state index in [0.717, 1.165) is 19.3 Å². The third-order valence-corrected chi connectivity index (χ3v) is 16.6. The molecule has 1 aliphatic carbocycles. The van der Waals surface area contributed by atoms with Gasteiger partial charge in [-0.25, -0.2) is 0 Å². The van der Waals surface area contributed by atoms with E-state index in [-0.39, 0.29) is 63.3 Å². The number of nitrogens with zero attached hydrogens (tertiary/aromatic N) is 3. The molecule has 2 aliphatic heterocycles. The fourth-order valence-electron chi connectivity index (χ4n) is 9.34. The van der Waals surface area contributed by atoms with Crippen molar-refractivity contribution in [3.8, 4) is 0 Å².